The van der Waals surface area contributed by atoms with E-state index in [2.05, 4.69) is 22.3 Å². The van der Waals surface area contributed by atoms with Gasteiger partial charge in [0.1, 0.15) is 0 Å². The third-order valence-corrected chi connectivity index (χ3v) is 4.73. The van der Waals surface area contributed by atoms with Crippen molar-refractivity contribution in [1.29, 1.82) is 5.26 Å². The number of carbonyl (C=O) groups excluding carboxylic acids is 1. The van der Waals surface area contributed by atoms with Gasteiger partial charge in [-0.05, 0) is 42.2 Å². The van der Waals surface area contributed by atoms with E-state index in [-0.39, 0.29) is 17.5 Å². The maximum absolute atomic E-state index is 12.3. The molecule has 7 heteroatoms. The lowest BCUT2D eigenvalue weighted by molar-refractivity contribution is 0.0949. The van der Waals surface area contributed by atoms with Crippen LogP contribution in [-0.4, -0.2) is 26.7 Å². The summed E-state index contributed by atoms with van der Waals surface area (Å²) < 4.78 is 1.51. The number of pyridine rings is 1. The Labute approximate surface area is 155 Å². The van der Waals surface area contributed by atoms with Gasteiger partial charge in [0.25, 0.3) is 11.5 Å². The molecule has 2 atom stereocenters. The van der Waals surface area contributed by atoms with Crippen molar-refractivity contribution in [2.75, 3.05) is 0 Å². The van der Waals surface area contributed by atoms with E-state index in [9.17, 15) is 9.59 Å². The number of benzene rings is 1. The molecule has 2 unspecified atom stereocenters. The van der Waals surface area contributed by atoms with Crippen LogP contribution in [-0.2, 0) is 0 Å². The highest BCUT2D eigenvalue weighted by Crippen LogP contribution is 2.29. The maximum atomic E-state index is 12.3. The molecule has 0 aliphatic heterocycles. The minimum Gasteiger partial charge on any atom is -0.349 e. The number of nitrogens with one attached hydrogen (secondary N) is 2. The van der Waals surface area contributed by atoms with Gasteiger partial charge in [0.15, 0.2) is 5.82 Å². The Bertz CT molecular complexity index is 1090. The van der Waals surface area contributed by atoms with Gasteiger partial charge in [0.2, 0.25) is 0 Å². The summed E-state index contributed by atoms with van der Waals surface area (Å²) in [6.45, 7) is 2.10. The first-order chi connectivity index (χ1) is 13.0. The summed E-state index contributed by atoms with van der Waals surface area (Å²) in [7, 11) is 0. The molecule has 1 fully saturated rings. The second-order valence-electron chi connectivity index (χ2n) is 6.74. The van der Waals surface area contributed by atoms with Gasteiger partial charge in [-0.1, -0.05) is 19.1 Å². The van der Waals surface area contributed by atoms with Crippen LogP contribution in [0.3, 0.4) is 0 Å². The van der Waals surface area contributed by atoms with Crippen LogP contribution in [0.2, 0.25) is 0 Å². The van der Waals surface area contributed by atoms with Crippen LogP contribution in [0, 0.1) is 17.2 Å². The Morgan fingerprint density at radius 1 is 1.30 bits per heavy atom. The molecule has 1 aromatic carbocycles. The number of aromatic nitrogens is 3. The first-order valence-corrected chi connectivity index (χ1v) is 8.64. The highest BCUT2D eigenvalue weighted by molar-refractivity contribution is 5.94. The lowest BCUT2D eigenvalue weighted by Gasteiger charge is -2.05. The SMILES string of the molecule is CC1CC1NC(=O)c1ccc(-n2cc(-c3ccc(C#N)cc3)c(=O)[nH]2)nc1. The van der Waals surface area contributed by atoms with Gasteiger partial charge in [-0.25, -0.2) is 9.67 Å². The Kier molecular flexibility index (Phi) is 4.09. The van der Waals surface area contributed by atoms with Crippen molar-refractivity contribution < 1.29 is 4.79 Å². The van der Waals surface area contributed by atoms with Gasteiger partial charge in [0.05, 0.1) is 22.8 Å². The summed E-state index contributed by atoms with van der Waals surface area (Å²) in [6.07, 6.45) is 4.16. The average Bonchev–Trinajstić information content (AvgIpc) is 3.24. The Morgan fingerprint density at radius 2 is 2.04 bits per heavy atom. The normalized spacial score (nSPS) is 17.9. The zero-order valence-electron chi connectivity index (χ0n) is 14.6. The summed E-state index contributed by atoms with van der Waals surface area (Å²) in [5.74, 6) is 0.901. The molecule has 3 aromatic rings. The van der Waals surface area contributed by atoms with Crippen molar-refractivity contribution in [2.45, 2.75) is 19.4 Å². The summed E-state index contributed by atoms with van der Waals surface area (Å²) in [5, 5.41) is 14.5. The number of nitriles is 1. The number of rotatable bonds is 4. The van der Waals surface area contributed by atoms with Crippen LogP contribution >= 0.6 is 0 Å². The van der Waals surface area contributed by atoms with Gasteiger partial charge in [-0.2, -0.15) is 5.26 Å². The van der Waals surface area contributed by atoms with Crippen LogP contribution < -0.4 is 10.9 Å². The van der Waals surface area contributed by atoms with Crippen LogP contribution in [0.1, 0.15) is 29.3 Å². The fourth-order valence-electron chi connectivity index (χ4n) is 2.88. The molecule has 0 radical (unpaired) electrons. The van der Waals surface area contributed by atoms with Crippen molar-refractivity contribution >= 4 is 5.91 Å². The van der Waals surface area contributed by atoms with E-state index in [0.29, 0.717) is 34.0 Å². The van der Waals surface area contributed by atoms with Gasteiger partial charge in [-0.15, -0.1) is 0 Å². The van der Waals surface area contributed by atoms with Crippen molar-refractivity contribution in [3.63, 3.8) is 0 Å². The molecule has 1 aliphatic carbocycles. The van der Waals surface area contributed by atoms with E-state index in [1.54, 1.807) is 42.6 Å². The van der Waals surface area contributed by atoms with Gasteiger partial charge < -0.3 is 5.32 Å². The molecule has 2 heterocycles. The van der Waals surface area contributed by atoms with Crippen molar-refractivity contribution in [3.05, 3.63) is 70.3 Å². The number of nitrogens with zero attached hydrogens (tertiary/aromatic N) is 3. The van der Waals surface area contributed by atoms with E-state index in [1.807, 2.05) is 6.07 Å². The average molecular weight is 359 g/mol. The molecule has 1 amide bonds. The highest BCUT2D eigenvalue weighted by atomic mass is 16.2. The largest absolute Gasteiger partial charge is 0.349 e. The number of aromatic amines is 1. The standard InChI is InChI=1S/C20H17N5O2/c1-12-8-17(12)23-19(26)15-6-7-18(22-10-15)25-11-16(20(27)24-25)14-4-2-13(9-21)3-5-14/h2-7,10-12,17H,8H2,1H3,(H,23,26)(H,24,27). The number of H-pyrrole nitrogens is 1. The number of amides is 1. The molecule has 4 rings (SSSR count). The number of carbonyl (C=O) groups is 1. The van der Waals surface area contributed by atoms with E-state index in [4.69, 9.17) is 5.26 Å². The van der Waals surface area contributed by atoms with Gasteiger partial charge in [0, 0.05) is 18.4 Å². The topological polar surface area (TPSA) is 104 Å². The van der Waals surface area contributed by atoms with Crippen LogP contribution in [0.15, 0.2) is 53.6 Å². The lowest BCUT2D eigenvalue weighted by atomic mass is 10.1. The molecule has 2 aromatic heterocycles. The van der Waals surface area contributed by atoms with E-state index >= 15 is 0 Å². The molecule has 0 saturated heterocycles. The van der Waals surface area contributed by atoms with E-state index in [0.717, 1.165) is 6.42 Å². The Hall–Kier alpha value is -3.66. The summed E-state index contributed by atoms with van der Waals surface area (Å²) in [4.78, 5) is 28.7. The Balaban J connectivity index is 1.56. The minimum atomic E-state index is -0.258. The third-order valence-electron chi connectivity index (χ3n) is 4.73. The second-order valence-corrected chi connectivity index (χ2v) is 6.74. The molecule has 1 aliphatic rings. The molecular formula is C20H17N5O2. The smallest absolute Gasteiger partial charge is 0.272 e. The molecule has 0 bridgehead atoms. The fourth-order valence-corrected chi connectivity index (χ4v) is 2.88. The van der Waals surface area contributed by atoms with Crippen molar-refractivity contribution in [3.8, 4) is 23.0 Å². The fraction of sp³-hybridized carbons (Fsp3) is 0.200. The van der Waals surface area contributed by atoms with Crippen molar-refractivity contribution in [2.24, 2.45) is 5.92 Å². The summed E-state index contributed by atoms with van der Waals surface area (Å²) >= 11 is 0. The molecule has 27 heavy (non-hydrogen) atoms. The van der Waals surface area contributed by atoms with Crippen molar-refractivity contribution in [1.82, 2.24) is 20.1 Å². The Morgan fingerprint density at radius 3 is 2.63 bits per heavy atom. The zero-order chi connectivity index (χ0) is 19.0. The van der Waals surface area contributed by atoms with E-state index < -0.39 is 0 Å². The monoisotopic (exact) mass is 359 g/mol. The molecule has 1 saturated carbocycles. The predicted molar refractivity (Wildman–Crippen MR) is 99.4 cm³/mol. The van der Waals surface area contributed by atoms with Gasteiger partial charge in [-0.3, -0.25) is 14.7 Å². The first-order valence-electron chi connectivity index (χ1n) is 8.64. The number of hydrogen-bond acceptors (Lipinski definition) is 4. The third kappa shape index (κ3) is 3.37. The molecule has 0 spiro atoms. The molecule has 134 valence electrons. The van der Waals surface area contributed by atoms with Gasteiger partial charge >= 0.3 is 0 Å². The summed E-state index contributed by atoms with van der Waals surface area (Å²) in [6, 6.07) is 12.5. The summed E-state index contributed by atoms with van der Waals surface area (Å²) in [5.41, 5.74) is 1.95. The highest BCUT2D eigenvalue weighted by Gasteiger charge is 2.34. The van der Waals surface area contributed by atoms with E-state index in [1.165, 1.54) is 10.9 Å². The predicted octanol–water partition coefficient (Wildman–Crippen LogP) is 2.24. The van der Waals surface area contributed by atoms with Crippen LogP contribution in [0.25, 0.3) is 16.9 Å². The number of hydrogen-bond donors (Lipinski definition) is 2. The lowest BCUT2D eigenvalue weighted by Crippen LogP contribution is -2.26. The molecule has 2 N–H and O–H groups in total. The molecule has 7 nitrogen and oxygen atoms in total. The zero-order valence-corrected chi connectivity index (χ0v) is 14.6. The second kappa shape index (κ2) is 6.57. The quantitative estimate of drug-likeness (QED) is 0.745. The maximum Gasteiger partial charge on any atom is 0.272 e. The first kappa shape index (κ1) is 16.8. The van der Waals surface area contributed by atoms with Crippen LogP contribution in [0.5, 0.6) is 0 Å². The molecular weight excluding hydrogens is 342 g/mol. The van der Waals surface area contributed by atoms with Crippen LogP contribution in [0.4, 0.5) is 0 Å². The minimum absolute atomic E-state index is 0.136.